The second-order valence-corrected chi connectivity index (χ2v) is 5.20. The Morgan fingerprint density at radius 2 is 2.39 bits per heavy atom. The molecule has 0 saturated carbocycles. The van der Waals surface area contributed by atoms with Crippen LogP contribution in [0.15, 0.2) is 12.4 Å². The highest BCUT2D eigenvalue weighted by Crippen LogP contribution is 2.14. The largest absolute Gasteiger partial charge is 0.337 e. The van der Waals surface area contributed by atoms with Crippen molar-refractivity contribution in [1.29, 1.82) is 0 Å². The van der Waals surface area contributed by atoms with Crippen LogP contribution in [0.1, 0.15) is 32.0 Å². The summed E-state index contributed by atoms with van der Waals surface area (Å²) in [6.45, 7) is 2.70. The Hall–Kier alpha value is -1.36. The zero-order valence-electron chi connectivity index (χ0n) is 11.4. The average Bonchev–Trinajstić information content (AvgIpc) is 2.74. The van der Waals surface area contributed by atoms with Gasteiger partial charge in [0.05, 0.1) is 12.6 Å². The van der Waals surface area contributed by atoms with Gasteiger partial charge in [0, 0.05) is 32.5 Å². The van der Waals surface area contributed by atoms with Gasteiger partial charge in [-0.05, 0) is 26.2 Å². The molecule has 0 bridgehead atoms. The van der Waals surface area contributed by atoms with Crippen molar-refractivity contribution < 1.29 is 4.79 Å². The minimum Gasteiger partial charge on any atom is -0.337 e. The van der Waals surface area contributed by atoms with E-state index < -0.39 is 0 Å². The molecule has 1 aromatic heterocycles. The molecule has 1 fully saturated rings. The van der Waals surface area contributed by atoms with Crippen LogP contribution in [0.3, 0.4) is 0 Å². The standard InChI is InChI=1S/C13H22N4O/c1-10-5-4-6-11(15-10)13(18)17(3)9-12-14-7-8-16(12)2/h7-8,10-11,15H,4-6,9H2,1-3H3. The fourth-order valence-electron chi connectivity index (χ4n) is 2.44. The van der Waals surface area contributed by atoms with Crippen LogP contribution in [0.25, 0.3) is 0 Å². The predicted molar refractivity (Wildman–Crippen MR) is 69.9 cm³/mol. The molecule has 18 heavy (non-hydrogen) atoms. The summed E-state index contributed by atoms with van der Waals surface area (Å²) in [5.74, 6) is 1.08. The van der Waals surface area contributed by atoms with Crippen molar-refractivity contribution in [2.24, 2.45) is 7.05 Å². The van der Waals surface area contributed by atoms with Gasteiger partial charge in [0.15, 0.2) is 0 Å². The van der Waals surface area contributed by atoms with Gasteiger partial charge in [0.1, 0.15) is 5.82 Å². The van der Waals surface area contributed by atoms with Gasteiger partial charge >= 0.3 is 0 Å². The Morgan fingerprint density at radius 1 is 1.61 bits per heavy atom. The number of carbonyl (C=O) groups excluding carboxylic acids is 1. The number of nitrogens with zero attached hydrogens (tertiary/aromatic N) is 3. The Balaban J connectivity index is 1.94. The number of nitrogens with one attached hydrogen (secondary N) is 1. The molecule has 0 aromatic carbocycles. The lowest BCUT2D eigenvalue weighted by atomic mass is 9.99. The molecule has 100 valence electrons. The van der Waals surface area contributed by atoms with Crippen LogP contribution in [0.2, 0.25) is 0 Å². The highest BCUT2D eigenvalue weighted by Gasteiger charge is 2.26. The third-order valence-corrected chi connectivity index (χ3v) is 3.59. The molecular formula is C13H22N4O. The molecule has 1 aliphatic rings. The summed E-state index contributed by atoms with van der Waals surface area (Å²) in [6.07, 6.45) is 6.88. The summed E-state index contributed by atoms with van der Waals surface area (Å²) in [6, 6.07) is 0.410. The highest BCUT2D eigenvalue weighted by atomic mass is 16.2. The van der Waals surface area contributed by atoms with Crippen LogP contribution >= 0.6 is 0 Å². The van der Waals surface area contributed by atoms with E-state index in [1.165, 1.54) is 0 Å². The second-order valence-electron chi connectivity index (χ2n) is 5.20. The van der Waals surface area contributed by atoms with E-state index in [2.05, 4.69) is 17.2 Å². The molecule has 2 unspecified atom stereocenters. The van der Waals surface area contributed by atoms with Crippen molar-refractivity contribution in [2.45, 2.75) is 44.8 Å². The number of carbonyl (C=O) groups is 1. The molecule has 1 amide bonds. The van der Waals surface area contributed by atoms with Gasteiger partial charge in [-0.3, -0.25) is 4.79 Å². The molecule has 0 aliphatic carbocycles. The van der Waals surface area contributed by atoms with Crippen molar-refractivity contribution in [3.63, 3.8) is 0 Å². The fourth-order valence-corrected chi connectivity index (χ4v) is 2.44. The van der Waals surface area contributed by atoms with Crippen molar-refractivity contribution >= 4 is 5.91 Å². The number of amides is 1. The van der Waals surface area contributed by atoms with E-state index in [0.717, 1.165) is 25.1 Å². The first-order valence-corrected chi connectivity index (χ1v) is 6.55. The lowest BCUT2D eigenvalue weighted by Gasteiger charge is -2.30. The summed E-state index contributed by atoms with van der Waals surface area (Å²) < 4.78 is 1.95. The lowest BCUT2D eigenvalue weighted by molar-refractivity contribution is -0.133. The molecule has 0 spiro atoms. The van der Waals surface area contributed by atoms with Crippen molar-refractivity contribution in [3.05, 3.63) is 18.2 Å². The van der Waals surface area contributed by atoms with Crippen LogP contribution in [0, 0.1) is 0 Å². The number of aromatic nitrogens is 2. The lowest BCUT2D eigenvalue weighted by Crippen LogP contribution is -2.50. The smallest absolute Gasteiger partial charge is 0.239 e. The molecule has 5 heteroatoms. The third kappa shape index (κ3) is 2.90. The fraction of sp³-hybridized carbons (Fsp3) is 0.692. The summed E-state index contributed by atoms with van der Waals surface area (Å²) in [5.41, 5.74) is 0. The predicted octanol–water partition coefficient (Wildman–Crippen LogP) is 0.909. The monoisotopic (exact) mass is 250 g/mol. The van der Waals surface area contributed by atoms with Crippen molar-refractivity contribution in [2.75, 3.05) is 7.05 Å². The van der Waals surface area contributed by atoms with E-state index in [1.54, 1.807) is 11.1 Å². The molecular weight excluding hydrogens is 228 g/mol. The second kappa shape index (κ2) is 5.52. The molecule has 2 rings (SSSR count). The Morgan fingerprint density at radius 3 is 3.00 bits per heavy atom. The van der Waals surface area contributed by atoms with Crippen LogP contribution in [0.4, 0.5) is 0 Å². The van der Waals surface area contributed by atoms with Gasteiger partial charge in [-0.15, -0.1) is 0 Å². The van der Waals surface area contributed by atoms with Gasteiger partial charge < -0.3 is 14.8 Å². The minimum atomic E-state index is -0.0287. The zero-order chi connectivity index (χ0) is 13.1. The topological polar surface area (TPSA) is 50.2 Å². The van der Waals surface area contributed by atoms with Crippen molar-refractivity contribution in [3.8, 4) is 0 Å². The Labute approximate surface area is 108 Å². The zero-order valence-corrected chi connectivity index (χ0v) is 11.4. The molecule has 0 radical (unpaired) electrons. The maximum absolute atomic E-state index is 12.3. The quantitative estimate of drug-likeness (QED) is 0.867. The molecule has 1 N–H and O–H groups in total. The molecule has 1 aliphatic heterocycles. The van der Waals surface area contributed by atoms with Gasteiger partial charge in [0.25, 0.3) is 0 Å². The van der Waals surface area contributed by atoms with Gasteiger partial charge in [0.2, 0.25) is 5.91 Å². The first kappa shape index (κ1) is 13.1. The summed E-state index contributed by atoms with van der Waals surface area (Å²) in [7, 11) is 3.79. The maximum Gasteiger partial charge on any atom is 0.239 e. The van der Waals surface area contributed by atoms with Gasteiger partial charge in [-0.1, -0.05) is 0 Å². The summed E-state index contributed by atoms with van der Waals surface area (Å²) >= 11 is 0. The van der Waals surface area contributed by atoms with Crippen LogP contribution < -0.4 is 5.32 Å². The highest BCUT2D eigenvalue weighted by molar-refractivity contribution is 5.81. The summed E-state index contributed by atoms with van der Waals surface area (Å²) in [4.78, 5) is 18.3. The normalized spacial score (nSPS) is 23.9. The number of hydrogen-bond acceptors (Lipinski definition) is 3. The van der Waals surface area contributed by atoms with E-state index in [9.17, 15) is 4.79 Å². The van der Waals surface area contributed by atoms with Crippen LogP contribution in [0.5, 0.6) is 0 Å². The number of hydrogen-bond donors (Lipinski definition) is 1. The third-order valence-electron chi connectivity index (χ3n) is 3.59. The SMILES string of the molecule is CC1CCCC(C(=O)N(C)Cc2nccn2C)N1. The molecule has 1 aromatic rings. The Kier molecular flexibility index (Phi) is 4.01. The van der Waals surface area contributed by atoms with Crippen LogP contribution in [-0.2, 0) is 18.4 Å². The number of piperidine rings is 1. The molecule has 1 saturated heterocycles. The number of likely N-dealkylation sites (N-methyl/N-ethyl adjacent to an activating group) is 1. The average molecular weight is 250 g/mol. The van der Waals surface area contributed by atoms with Gasteiger partial charge in [-0.2, -0.15) is 0 Å². The Bertz CT molecular complexity index is 415. The van der Waals surface area contributed by atoms with E-state index in [-0.39, 0.29) is 11.9 Å². The molecule has 2 heterocycles. The maximum atomic E-state index is 12.3. The summed E-state index contributed by atoms with van der Waals surface area (Å²) in [5, 5.41) is 3.37. The van der Waals surface area contributed by atoms with Crippen molar-refractivity contribution in [1.82, 2.24) is 19.8 Å². The molecule has 2 atom stereocenters. The van der Waals surface area contributed by atoms with E-state index in [0.29, 0.717) is 12.6 Å². The van der Waals surface area contributed by atoms with E-state index in [4.69, 9.17) is 0 Å². The first-order valence-electron chi connectivity index (χ1n) is 6.55. The first-order chi connectivity index (χ1) is 8.58. The molecule has 5 nitrogen and oxygen atoms in total. The van der Waals surface area contributed by atoms with E-state index in [1.807, 2.05) is 24.9 Å². The number of aryl methyl sites for hydroxylation is 1. The van der Waals surface area contributed by atoms with Crippen LogP contribution in [-0.4, -0.2) is 39.5 Å². The van der Waals surface area contributed by atoms with Gasteiger partial charge in [-0.25, -0.2) is 4.98 Å². The number of rotatable bonds is 3. The number of imidazole rings is 1. The minimum absolute atomic E-state index is 0.0287. The van der Waals surface area contributed by atoms with E-state index >= 15 is 0 Å².